The molecule has 0 bridgehead atoms. The summed E-state index contributed by atoms with van der Waals surface area (Å²) in [7, 11) is -0.276. The maximum Gasteiger partial charge on any atom is 0.282 e. The molecular weight excluding hydrogens is 302 g/mol. The Balaban J connectivity index is 2.14. The number of hydrogen-bond acceptors (Lipinski definition) is 4. The first-order valence-electron chi connectivity index (χ1n) is 7.51. The van der Waals surface area contributed by atoms with Gasteiger partial charge in [-0.05, 0) is 44.4 Å². The van der Waals surface area contributed by atoms with E-state index in [4.69, 9.17) is 4.74 Å². The highest BCUT2D eigenvalue weighted by Crippen LogP contribution is 2.23. The summed E-state index contributed by atoms with van der Waals surface area (Å²) in [6.07, 6.45) is 1.73. The maximum absolute atomic E-state index is 12.8. The van der Waals surface area contributed by atoms with Crippen LogP contribution >= 0.6 is 0 Å². The third-order valence-electron chi connectivity index (χ3n) is 3.91. The zero-order valence-electron chi connectivity index (χ0n) is 13.7. The van der Waals surface area contributed by atoms with Crippen molar-refractivity contribution < 1.29 is 13.2 Å². The molecule has 7 heteroatoms. The molecule has 1 aliphatic heterocycles. The van der Waals surface area contributed by atoms with Crippen molar-refractivity contribution in [3.05, 3.63) is 29.1 Å². The Kier molecular flexibility index (Phi) is 5.55. The molecule has 0 spiro atoms. The van der Waals surface area contributed by atoms with Crippen LogP contribution in [0.3, 0.4) is 0 Å². The van der Waals surface area contributed by atoms with Gasteiger partial charge in [-0.1, -0.05) is 0 Å². The Labute approximate surface area is 133 Å². The van der Waals surface area contributed by atoms with Crippen LogP contribution in [0, 0.1) is 13.8 Å². The van der Waals surface area contributed by atoms with Gasteiger partial charge < -0.3 is 4.74 Å². The number of pyridine rings is 1. The molecule has 0 aromatic carbocycles. The second kappa shape index (κ2) is 7.04. The van der Waals surface area contributed by atoms with E-state index in [9.17, 15) is 8.42 Å². The molecule has 124 valence electrons. The van der Waals surface area contributed by atoms with E-state index in [1.165, 1.54) is 4.31 Å². The molecule has 1 atom stereocenters. The van der Waals surface area contributed by atoms with Gasteiger partial charge in [0.1, 0.15) is 0 Å². The van der Waals surface area contributed by atoms with Crippen LogP contribution in [-0.2, 0) is 21.5 Å². The van der Waals surface area contributed by atoms with Crippen LogP contribution in [0.25, 0.3) is 0 Å². The quantitative estimate of drug-likeness (QED) is 0.794. The van der Waals surface area contributed by atoms with Crippen LogP contribution in [0.4, 0.5) is 0 Å². The molecule has 1 aromatic rings. The van der Waals surface area contributed by atoms with E-state index < -0.39 is 10.2 Å². The minimum absolute atomic E-state index is 0.0651. The summed E-state index contributed by atoms with van der Waals surface area (Å²) in [6.45, 7) is 5.18. The highest BCUT2D eigenvalue weighted by Gasteiger charge is 2.36. The van der Waals surface area contributed by atoms with E-state index in [-0.39, 0.29) is 12.6 Å². The second-order valence-electron chi connectivity index (χ2n) is 5.90. The zero-order valence-corrected chi connectivity index (χ0v) is 14.6. The van der Waals surface area contributed by atoms with Gasteiger partial charge in [-0.25, -0.2) is 0 Å². The van der Waals surface area contributed by atoms with E-state index in [0.29, 0.717) is 13.2 Å². The van der Waals surface area contributed by atoms with E-state index in [1.54, 1.807) is 18.5 Å². The summed E-state index contributed by atoms with van der Waals surface area (Å²) in [4.78, 5) is 4.42. The van der Waals surface area contributed by atoms with Gasteiger partial charge in [-0.3, -0.25) is 4.98 Å². The first-order valence-corrected chi connectivity index (χ1v) is 8.90. The van der Waals surface area contributed by atoms with Crippen molar-refractivity contribution in [3.8, 4) is 0 Å². The average Bonchev–Trinajstić information content (AvgIpc) is 2.86. The fourth-order valence-electron chi connectivity index (χ4n) is 2.97. The Morgan fingerprint density at radius 2 is 2.14 bits per heavy atom. The number of methoxy groups -OCH3 is 1. The average molecular weight is 327 g/mol. The molecule has 0 amide bonds. The highest BCUT2D eigenvalue weighted by atomic mass is 32.2. The van der Waals surface area contributed by atoms with Gasteiger partial charge >= 0.3 is 0 Å². The third-order valence-corrected chi connectivity index (χ3v) is 5.90. The summed E-state index contributed by atoms with van der Waals surface area (Å²) in [5.74, 6) is 0. The van der Waals surface area contributed by atoms with Crippen molar-refractivity contribution in [1.29, 1.82) is 0 Å². The van der Waals surface area contributed by atoms with E-state index >= 15 is 0 Å². The minimum atomic E-state index is -3.49. The smallest absolute Gasteiger partial charge is 0.282 e. The normalized spacial score (nSPS) is 20.0. The molecule has 0 aliphatic carbocycles. The van der Waals surface area contributed by atoms with Gasteiger partial charge in [-0.2, -0.15) is 17.0 Å². The van der Waals surface area contributed by atoms with Crippen LogP contribution in [0.1, 0.15) is 29.8 Å². The van der Waals surface area contributed by atoms with Crippen LogP contribution in [0.15, 0.2) is 12.1 Å². The number of rotatable bonds is 6. The summed E-state index contributed by atoms with van der Waals surface area (Å²) in [5, 5.41) is 0. The molecule has 6 nitrogen and oxygen atoms in total. The fraction of sp³-hybridized carbons (Fsp3) is 0.667. The van der Waals surface area contributed by atoms with Gasteiger partial charge in [0, 0.05) is 32.4 Å². The molecule has 1 aliphatic rings. The lowest BCUT2D eigenvalue weighted by atomic mass is 10.2. The van der Waals surface area contributed by atoms with E-state index in [0.717, 1.165) is 29.8 Å². The fourth-order valence-corrected chi connectivity index (χ4v) is 4.52. The predicted octanol–water partition coefficient (Wildman–Crippen LogP) is 1.49. The number of ether oxygens (including phenoxy) is 1. The zero-order chi connectivity index (χ0) is 16.3. The summed E-state index contributed by atoms with van der Waals surface area (Å²) >= 11 is 0. The Morgan fingerprint density at radius 3 is 2.77 bits per heavy atom. The first-order chi connectivity index (χ1) is 10.3. The van der Waals surface area contributed by atoms with Crippen LogP contribution in [-0.4, -0.2) is 55.4 Å². The molecular formula is C15H25N3O3S. The molecule has 0 N–H and O–H groups in total. The lowest BCUT2D eigenvalue weighted by molar-refractivity contribution is 0.146. The lowest BCUT2D eigenvalue weighted by Crippen LogP contribution is -2.45. The van der Waals surface area contributed by atoms with E-state index in [1.807, 2.05) is 26.0 Å². The predicted molar refractivity (Wildman–Crippen MR) is 85.7 cm³/mol. The summed E-state index contributed by atoms with van der Waals surface area (Å²) in [6, 6.07) is 3.84. The number of nitrogens with zero attached hydrogens (tertiary/aromatic N) is 3. The molecule has 0 radical (unpaired) electrons. The molecule has 2 rings (SSSR count). The number of aromatic nitrogens is 1. The van der Waals surface area contributed by atoms with Crippen molar-refractivity contribution >= 4 is 10.2 Å². The summed E-state index contributed by atoms with van der Waals surface area (Å²) in [5.41, 5.74) is 2.76. The first kappa shape index (κ1) is 17.3. The standard InChI is InChI=1S/C15H25N3O3S/c1-12-8-13(2)16-14(9-12)10-17(3)22(19,20)18-7-5-6-15(18)11-21-4/h8-9,15H,5-7,10-11H2,1-4H3. The molecule has 1 unspecified atom stereocenters. The Morgan fingerprint density at radius 1 is 1.41 bits per heavy atom. The van der Waals surface area contributed by atoms with Crippen LogP contribution in [0.2, 0.25) is 0 Å². The molecule has 1 aromatic heterocycles. The van der Waals surface area contributed by atoms with Gasteiger partial charge in [0.05, 0.1) is 18.8 Å². The molecule has 1 fully saturated rings. The van der Waals surface area contributed by atoms with Gasteiger partial charge in [0.25, 0.3) is 10.2 Å². The van der Waals surface area contributed by atoms with Crippen LogP contribution in [0.5, 0.6) is 0 Å². The van der Waals surface area contributed by atoms with Crippen molar-refractivity contribution in [1.82, 2.24) is 13.6 Å². The van der Waals surface area contributed by atoms with Gasteiger partial charge in [-0.15, -0.1) is 0 Å². The minimum Gasteiger partial charge on any atom is -0.383 e. The van der Waals surface area contributed by atoms with E-state index in [2.05, 4.69) is 4.98 Å². The molecule has 1 saturated heterocycles. The van der Waals surface area contributed by atoms with Crippen LogP contribution < -0.4 is 0 Å². The van der Waals surface area contributed by atoms with Crippen molar-refractivity contribution in [2.75, 3.05) is 27.3 Å². The van der Waals surface area contributed by atoms with Gasteiger partial charge in [0.15, 0.2) is 0 Å². The molecule has 2 heterocycles. The lowest BCUT2D eigenvalue weighted by Gasteiger charge is -2.28. The largest absolute Gasteiger partial charge is 0.383 e. The molecule has 0 saturated carbocycles. The summed E-state index contributed by atoms with van der Waals surface area (Å²) < 4.78 is 33.6. The number of aryl methyl sites for hydroxylation is 2. The third kappa shape index (κ3) is 3.84. The highest BCUT2D eigenvalue weighted by molar-refractivity contribution is 7.86. The SMILES string of the molecule is COCC1CCCN1S(=O)(=O)N(C)Cc1cc(C)cc(C)n1. The van der Waals surface area contributed by atoms with Gasteiger partial charge in [0.2, 0.25) is 0 Å². The Bertz CT molecular complexity index is 598. The number of hydrogen-bond donors (Lipinski definition) is 0. The van der Waals surface area contributed by atoms with Crippen molar-refractivity contribution in [2.45, 2.75) is 39.3 Å². The monoisotopic (exact) mass is 327 g/mol. The topological polar surface area (TPSA) is 62.7 Å². The molecule has 22 heavy (non-hydrogen) atoms. The van der Waals surface area contributed by atoms with Crippen molar-refractivity contribution in [2.24, 2.45) is 0 Å². The second-order valence-corrected chi connectivity index (χ2v) is 7.89. The Hall–Kier alpha value is -1.02. The van der Waals surface area contributed by atoms with Crippen molar-refractivity contribution in [3.63, 3.8) is 0 Å². The maximum atomic E-state index is 12.8.